The summed E-state index contributed by atoms with van der Waals surface area (Å²) in [6, 6.07) is 9.64. The minimum Gasteiger partial charge on any atom is -0.388 e. The fourth-order valence-corrected chi connectivity index (χ4v) is 1.14. The molecule has 0 bridgehead atoms. The Morgan fingerprint density at radius 1 is 1.08 bits per heavy atom. The highest BCUT2D eigenvalue weighted by molar-refractivity contribution is 5.26. The Morgan fingerprint density at radius 3 is 1.92 bits per heavy atom. The van der Waals surface area contributed by atoms with Crippen molar-refractivity contribution in [1.29, 1.82) is 0 Å². The Morgan fingerprint density at radius 2 is 1.54 bits per heavy atom. The summed E-state index contributed by atoms with van der Waals surface area (Å²) >= 11 is 0. The van der Waals surface area contributed by atoms with Crippen LogP contribution in [0.2, 0.25) is 0 Å². The van der Waals surface area contributed by atoms with Crippen molar-refractivity contribution in [3.63, 3.8) is 0 Å². The number of nitrogens with two attached hydrogens (primary N) is 1. The number of aliphatic hydroxyl groups is 1. The average Bonchev–Trinajstić information content (AvgIpc) is 2.04. The molecule has 0 saturated carbocycles. The van der Waals surface area contributed by atoms with Gasteiger partial charge in [0.25, 0.3) is 0 Å². The molecule has 0 fully saturated rings. The second kappa shape index (κ2) is 3.13. The van der Waals surface area contributed by atoms with Crippen molar-refractivity contribution in [2.75, 3.05) is 0 Å². The first kappa shape index (κ1) is 10.2. The van der Waals surface area contributed by atoms with Crippen LogP contribution in [-0.4, -0.2) is 10.7 Å². The summed E-state index contributed by atoms with van der Waals surface area (Å²) in [7, 11) is 0. The lowest BCUT2D eigenvalue weighted by molar-refractivity contribution is 0.00366. The summed E-state index contributed by atoms with van der Waals surface area (Å²) in [6.07, 6.45) is 0. The van der Waals surface area contributed by atoms with E-state index in [1.165, 1.54) is 0 Å². The Hall–Kier alpha value is -0.860. The van der Waals surface area contributed by atoms with E-state index in [-0.39, 0.29) is 0 Å². The van der Waals surface area contributed by atoms with E-state index in [4.69, 9.17) is 5.73 Å². The second-order valence-corrected chi connectivity index (χ2v) is 4.13. The maximum absolute atomic E-state index is 9.87. The molecule has 1 aromatic rings. The summed E-state index contributed by atoms with van der Waals surface area (Å²) in [5.74, 6) is 0. The number of hydrogen-bond acceptors (Lipinski definition) is 2. The van der Waals surface area contributed by atoms with Crippen molar-refractivity contribution in [3.8, 4) is 0 Å². The quantitative estimate of drug-likeness (QED) is 0.725. The standard InChI is InChI=1S/C11H17NO/c1-10(2,13)11(3,12)9-7-5-4-6-8-9/h4-8,13H,12H2,1-3H3. The zero-order valence-corrected chi connectivity index (χ0v) is 8.41. The Balaban J connectivity index is 3.08. The van der Waals surface area contributed by atoms with Crippen LogP contribution in [-0.2, 0) is 5.54 Å². The van der Waals surface area contributed by atoms with Gasteiger partial charge < -0.3 is 10.8 Å². The second-order valence-electron chi connectivity index (χ2n) is 4.13. The molecule has 3 N–H and O–H groups in total. The number of hydrogen-bond donors (Lipinski definition) is 2. The van der Waals surface area contributed by atoms with Crippen LogP contribution < -0.4 is 5.73 Å². The summed E-state index contributed by atoms with van der Waals surface area (Å²) < 4.78 is 0. The summed E-state index contributed by atoms with van der Waals surface area (Å²) in [4.78, 5) is 0. The van der Waals surface area contributed by atoms with Gasteiger partial charge in [0.15, 0.2) is 0 Å². The van der Waals surface area contributed by atoms with Crippen molar-refractivity contribution in [3.05, 3.63) is 35.9 Å². The maximum Gasteiger partial charge on any atom is 0.0809 e. The highest BCUT2D eigenvalue weighted by Crippen LogP contribution is 2.29. The summed E-state index contributed by atoms with van der Waals surface area (Å²) in [5, 5.41) is 9.87. The summed E-state index contributed by atoms with van der Waals surface area (Å²) in [5.41, 5.74) is 5.38. The minimum absolute atomic E-state index is 0.714. The van der Waals surface area contributed by atoms with Crippen LogP contribution in [0.4, 0.5) is 0 Å². The van der Waals surface area contributed by atoms with E-state index in [9.17, 15) is 5.11 Å². The van der Waals surface area contributed by atoms with E-state index < -0.39 is 11.1 Å². The molecule has 0 heterocycles. The molecule has 1 rings (SSSR count). The van der Waals surface area contributed by atoms with Crippen molar-refractivity contribution in [1.82, 2.24) is 0 Å². The molecular formula is C11H17NO. The van der Waals surface area contributed by atoms with Gasteiger partial charge in [-0.3, -0.25) is 0 Å². The van der Waals surface area contributed by atoms with Crippen LogP contribution >= 0.6 is 0 Å². The molecule has 1 unspecified atom stereocenters. The van der Waals surface area contributed by atoms with Gasteiger partial charge in [0, 0.05) is 0 Å². The highest BCUT2D eigenvalue weighted by atomic mass is 16.3. The van der Waals surface area contributed by atoms with Crippen LogP contribution in [0, 0.1) is 0 Å². The van der Waals surface area contributed by atoms with Gasteiger partial charge in [0.05, 0.1) is 11.1 Å². The minimum atomic E-state index is -0.922. The monoisotopic (exact) mass is 179 g/mol. The van der Waals surface area contributed by atoms with Crippen LogP contribution in [0.5, 0.6) is 0 Å². The van der Waals surface area contributed by atoms with Crippen LogP contribution in [0.25, 0.3) is 0 Å². The molecular weight excluding hydrogens is 162 g/mol. The zero-order valence-electron chi connectivity index (χ0n) is 8.41. The fourth-order valence-electron chi connectivity index (χ4n) is 1.14. The van der Waals surface area contributed by atoms with Gasteiger partial charge in [-0.15, -0.1) is 0 Å². The Kier molecular flexibility index (Phi) is 2.46. The van der Waals surface area contributed by atoms with Crippen molar-refractivity contribution >= 4 is 0 Å². The largest absolute Gasteiger partial charge is 0.388 e. The molecule has 72 valence electrons. The van der Waals surface area contributed by atoms with Gasteiger partial charge in [-0.05, 0) is 26.3 Å². The third-order valence-corrected chi connectivity index (χ3v) is 2.64. The summed E-state index contributed by atoms with van der Waals surface area (Å²) in [6.45, 7) is 5.28. The lowest BCUT2D eigenvalue weighted by atomic mass is 9.79. The van der Waals surface area contributed by atoms with E-state index in [1.54, 1.807) is 13.8 Å². The molecule has 13 heavy (non-hydrogen) atoms. The van der Waals surface area contributed by atoms with E-state index in [2.05, 4.69) is 0 Å². The van der Waals surface area contributed by atoms with Crippen molar-refractivity contribution in [2.24, 2.45) is 5.73 Å². The number of benzene rings is 1. The molecule has 0 aliphatic rings. The molecule has 0 amide bonds. The lowest BCUT2D eigenvalue weighted by Gasteiger charge is -2.37. The number of rotatable bonds is 2. The molecule has 0 radical (unpaired) electrons. The first-order chi connectivity index (χ1) is 5.86. The van der Waals surface area contributed by atoms with Crippen molar-refractivity contribution < 1.29 is 5.11 Å². The molecule has 2 heteroatoms. The molecule has 0 aliphatic heterocycles. The van der Waals surface area contributed by atoms with Gasteiger partial charge in [0.1, 0.15) is 0 Å². The Labute approximate surface area is 79.4 Å². The third kappa shape index (κ3) is 1.90. The molecule has 1 aromatic carbocycles. The molecule has 0 aromatic heterocycles. The predicted molar refractivity (Wildman–Crippen MR) is 54.3 cm³/mol. The topological polar surface area (TPSA) is 46.2 Å². The molecule has 0 spiro atoms. The van der Waals surface area contributed by atoms with Crippen LogP contribution in [0.1, 0.15) is 26.3 Å². The van der Waals surface area contributed by atoms with Gasteiger partial charge in [-0.1, -0.05) is 30.3 Å². The molecule has 1 atom stereocenters. The van der Waals surface area contributed by atoms with Gasteiger partial charge in [-0.2, -0.15) is 0 Å². The fraction of sp³-hybridized carbons (Fsp3) is 0.455. The lowest BCUT2D eigenvalue weighted by Crippen LogP contribution is -2.52. The van der Waals surface area contributed by atoms with Gasteiger partial charge >= 0.3 is 0 Å². The van der Waals surface area contributed by atoms with Crippen molar-refractivity contribution in [2.45, 2.75) is 31.9 Å². The average molecular weight is 179 g/mol. The molecule has 2 nitrogen and oxygen atoms in total. The molecule has 0 aliphatic carbocycles. The Bertz CT molecular complexity index is 272. The first-order valence-electron chi connectivity index (χ1n) is 4.42. The zero-order chi connectivity index (χ0) is 10.1. The van der Waals surface area contributed by atoms with E-state index in [0.717, 1.165) is 5.56 Å². The third-order valence-electron chi connectivity index (χ3n) is 2.64. The van der Waals surface area contributed by atoms with Crippen LogP contribution in [0.3, 0.4) is 0 Å². The van der Waals surface area contributed by atoms with E-state index in [0.29, 0.717) is 0 Å². The van der Waals surface area contributed by atoms with E-state index >= 15 is 0 Å². The first-order valence-corrected chi connectivity index (χ1v) is 4.42. The SMILES string of the molecule is CC(C)(O)C(C)(N)c1ccccc1. The normalized spacial score (nSPS) is 16.7. The highest BCUT2D eigenvalue weighted by Gasteiger charge is 2.36. The van der Waals surface area contributed by atoms with Crippen LogP contribution in [0.15, 0.2) is 30.3 Å². The predicted octanol–water partition coefficient (Wildman–Crippen LogP) is 1.63. The molecule has 0 saturated heterocycles. The maximum atomic E-state index is 9.87. The smallest absolute Gasteiger partial charge is 0.0809 e. The van der Waals surface area contributed by atoms with Gasteiger partial charge in [0.2, 0.25) is 0 Å². The van der Waals surface area contributed by atoms with Gasteiger partial charge in [-0.25, -0.2) is 0 Å². The van der Waals surface area contributed by atoms with E-state index in [1.807, 2.05) is 37.3 Å².